The Morgan fingerprint density at radius 3 is 2.17 bits per heavy atom. The van der Waals surface area contributed by atoms with Gasteiger partial charge in [-0.1, -0.05) is 72.8 Å². The van der Waals surface area contributed by atoms with Crippen LogP contribution in [-0.2, 0) is 37.0 Å². The molecule has 42 heavy (non-hydrogen) atoms. The van der Waals surface area contributed by atoms with Crippen LogP contribution in [0.25, 0.3) is 0 Å². The van der Waals surface area contributed by atoms with Crippen LogP contribution in [0.5, 0.6) is 0 Å². The van der Waals surface area contributed by atoms with Crippen molar-refractivity contribution in [3.05, 3.63) is 97.1 Å². The molecule has 0 saturated heterocycles. The largest absolute Gasteiger partial charge is 0.459 e. The number of allylic oxidation sites excluding steroid dienone is 1. The van der Waals surface area contributed by atoms with E-state index in [1.807, 2.05) is 60.7 Å². The lowest BCUT2D eigenvalue weighted by atomic mass is 9.99. The van der Waals surface area contributed by atoms with Crippen molar-refractivity contribution in [2.24, 2.45) is 5.92 Å². The molecule has 0 radical (unpaired) electrons. The number of carbonyl (C=O) groups is 4. The molecule has 2 aromatic carbocycles. The van der Waals surface area contributed by atoms with Crippen LogP contribution in [0, 0.1) is 5.92 Å². The van der Waals surface area contributed by atoms with E-state index in [1.54, 1.807) is 13.0 Å². The van der Waals surface area contributed by atoms with Gasteiger partial charge < -0.3 is 30.1 Å². The molecule has 0 heterocycles. The normalized spacial score (nSPS) is 12.6. The quantitative estimate of drug-likeness (QED) is 0.182. The summed E-state index contributed by atoms with van der Waals surface area (Å²) in [5, 5.41) is 14.7. The molecule has 0 aliphatic rings. The molecule has 0 aliphatic heterocycles. The second-order valence-electron chi connectivity index (χ2n) is 9.73. The summed E-state index contributed by atoms with van der Waals surface area (Å²) in [6.07, 6.45) is 1.86. The average molecular weight is 580 g/mol. The third-order valence-electron chi connectivity index (χ3n) is 6.25. The molecular weight excluding hydrogens is 538 g/mol. The van der Waals surface area contributed by atoms with Gasteiger partial charge in [-0.15, -0.1) is 13.2 Å². The van der Waals surface area contributed by atoms with Gasteiger partial charge in [0.15, 0.2) is 0 Å². The van der Waals surface area contributed by atoms with E-state index in [1.165, 1.54) is 11.0 Å². The second kappa shape index (κ2) is 18.8. The first-order chi connectivity index (χ1) is 20.3. The molecule has 3 amide bonds. The number of nitrogens with one attached hydrogen (secondary N) is 2. The van der Waals surface area contributed by atoms with Crippen molar-refractivity contribution in [2.75, 3.05) is 19.7 Å². The fourth-order valence-electron chi connectivity index (χ4n) is 4.04. The predicted octanol–water partition coefficient (Wildman–Crippen LogP) is 3.51. The lowest BCUT2D eigenvalue weighted by Crippen LogP contribution is -2.44. The maximum atomic E-state index is 13.0. The molecule has 10 nitrogen and oxygen atoms in total. The van der Waals surface area contributed by atoms with Crippen molar-refractivity contribution >= 4 is 23.9 Å². The molecule has 226 valence electrons. The molecule has 0 aliphatic carbocycles. The number of nitrogens with zero attached hydrogens (tertiary/aromatic N) is 1. The summed E-state index contributed by atoms with van der Waals surface area (Å²) in [7, 11) is 0. The van der Waals surface area contributed by atoms with Crippen LogP contribution < -0.4 is 10.6 Å². The third kappa shape index (κ3) is 12.4. The SMILES string of the molecule is C=CCC(CC(=O)N(CCO)Cc1ccccc1)C(=O)NCC(C)OC(=O)C(CC=C)NC(=O)OCc1ccccc1. The van der Waals surface area contributed by atoms with Gasteiger partial charge in [-0.3, -0.25) is 9.59 Å². The molecule has 0 bridgehead atoms. The topological polar surface area (TPSA) is 134 Å². The minimum absolute atomic E-state index is 0.00393. The molecular formula is C32H41N3O7. The lowest BCUT2D eigenvalue weighted by molar-refractivity contribution is -0.151. The zero-order valence-electron chi connectivity index (χ0n) is 24.1. The zero-order chi connectivity index (χ0) is 30.7. The number of alkyl carbamates (subject to hydrolysis) is 1. The van der Waals surface area contributed by atoms with Crippen molar-refractivity contribution < 1.29 is 33.8 Å². The summed E-state index contributed by atoms with van der Waals surface area (Å²) in [4.78, 5) is 52.5. The molecule has 0 aromatic heterocycles. The van der Waals surface area contributed by atoms with Crippen LogP contribution in [0.1, 0.15) is 37.3 Å². The van der Waals surface area contributed by atoms with E-state index in [0.29, 0.717) is 6.54 Å². The smallest absolute Gasteiger partial charge is 0.408 e. The van der Waals surface area contributed by atoms with E-state index in [-0.39, 0.29) is 57.4 Å². The summed E-state index contributed by atoms with van der Waals surface area (Å²) in [5.74, 6) is -2.05. The van der Waals surface area contributed by atoms with E-state index in [9.17, 15) is 24.3 Å². The molecule has 3 atom stereocenters. The molecule has 2 rings (SSSR count). The first-order valence-electron chi connectivity index (χ1n) is 13.9. The summed E-state index contributed by atoms with van der Waals surface area (Å²) >= 11 is 0. The first kappa shape index (κ1) is 33.8. The van der Waals surface area contributed by atoms with Crippen molar-refractivity contribution in [2.45, 2.75) is 51.5 Å². The standard InChI is InChI=1S/C32H41N3O7/c1-4-12-27(20-29(37)35(18-19-36)22-25-14-8-6-9-15-25)30(38)33-21-24(3)42-31(39)28(13-5-2)34-32(40)41-23-26-16-10-7-11-17-26/h4-11,14-17,24,27-28,36H,1-2,12-13,18-23H2,3H3,(H,33,38)(H,34,40). The van der Waals surface area contributed by atoms with Gasteiger partial charge in [-0.25, -0.2) is 9.59 Å². The van der Waals surface area contributed by atoms with E-state index in [4.69, 9.17) is 9.47 Å². The van der Waals surface area contributed by atoms with Gasteiger partial charge in [-0.05, 0) is 30.9 Å². The minimum Gasteiger partial charge on any atom is -0.459 e. The maximum Gasteiger partial charge on any atom is 0.408 e. The molecule has 3 unspecified atom stereocenters. The minimum atomic E-state index is -1.02. The Morgan fingerprint density at radius 2 is 1.57 bits per heavy atom. The van der Waals surface area contributed by atoms with Crippen molar-refractivity contribution in [1.82, 2.24) is 15.5 Å². The summed E-state index contributed by atoms with van der Waals surface area (Å²) in [6, 6.07) is 17.5. The van der Waals surface area contributed by atoms with Gasteiger partial charge in [0.1, 0.15) is 18.8 Å². The van der Waals surface area contributed by atoms with Crippen LogP contribution in [0.3, 0.4) is 0 Å². The van der Waals surface area contributed by atoms with Crippen LogP contribution in [0.15, 0.2) is 86.0 Å². The number of aliphatic hydroxyl groups is 1. The molecule has 0 fully saturated rings. The van der Waals surface area contributed by atoms with Crippen molar-refractivity contribution in [3.8, 4) is 0 Å². The molecule has 2 aromatic rings. The molecule has 0 saturated carbocycles. The average Bonchev–Trinajstić information content (AvgIpc) is 2.99. The molecule has 3 N–H and O–H groups in total. The number of benzene rings is 2. The number of ether oxygens (including phenoxy) is 2. The number of carbonyl (C=O) groups excluding carboxylic acids is 4. The number of amides is 3. The Balaban J connectivity index is 1.87. The van der Waals surface area contributed by atoms with Crippen LogP contribution in [0.2, 0.25) is 0 Å². The maximum absolute atomic E-state index is 13.0. The second-order valence-corrected chi connectivity index (χ2v) is 9.73. The third-order valence-corrected chi connectivity index (χ3v) is 6.25. The lowest BCUT2D eigenvalue weighted by Gasteiger charge is -2.25. The number of esters is 1. The highest BCUT2D eigenvalue weighted by atomic mass is 16.6. The highest BCUT2D eigenvalue weighted by Crippen LogP contribution is 2.15. The first-order valence-corrected chi connectivity index (χ1v) is 13.9. The summed E-state index contributed by atoms with van der Waals surface area (Å²) in [6.45, 7) is 9.22. The Morgan fingerprint density at radius 1 is 0.952 bits per heavy atom. The monoisotopic (exact) mass is 579 g/mol. The number of aliphatic hydroxyl groups excluding tert-OH is 1. The van der Waals surface area contributed by atoms with E-state index in [0.717, 1.165) is 11.1 Å². The Bertz CT molecular complexity index is 1160. The van der Waals surface area contributed by atoms with Crippen LogP contribution in [0.4, 0.5) is 4.79 Å². The fourth-order valence-corrected chi connectivity index (χ4v) is 4.04. The number of rotatable bonds is 18. The van der Waals surface area contributed by atoms with Crippen LogP contribution >= 0.6 is 0 Å². The Hall–Kier alpha value is -4.44. The van der Waals surface area contributed by atoms with Gasteiger partial charge in [0, 0.05) is 19.5 Å². The molecule has 0 spiro atoms. The summed E-state index contributed by atoms with van der Waals surface area (Å²) < 4.78 is 10.6. The highest BCUT2D eigenvalue weighted by Gasteiger charge is 2.26. The van der Waals surface area contributed by atoms with Gasteiger partial charge in [0.2, 0.25) is 11.8 Å². The van der Waals surface area contributed by atoms with Crippen molar-refractivity contribution in [1.29, 1.82) is 0 Å². The van der Waals surface area contributed by atoms with Gasteiger partial charge >= 0.3 is 12.1 Å². The Kier molecular flexibility index (Phi) is 15.1. The zero-order valence-corrected chi connectivity index (χ0v) is 24.1. The van der Waals surface area contributed by atoms with E-state index < -0.39 is 30.1 Å². The highest BCUT2D eigenvalue weighted by molar-refractivity contribution is 5.86. The predicted molar refractivity (Wildman–Crippen MR) is 159 cm³/mol. The van der Waals surface area contributed by atoms with Gasteiger partial charge in [0.25, 0.3) is 0 Å². The van der Waals surface area contributed by atoms with Gasteiger partial charge in [-0.2, -0.15) is 0 Å². The van der Waals surface area contributed by atoms with Crippen molar-refractivity contribution in [3.63, 3.8) is 0 Å². The van der Waals surface area contributed by atoms with E-state index in [2.05, 4.69) is 23.8 Å². The van der Waals surface area contributed by atoms with E-state index >= 15 is 0 Å². The fraction of sp³-hybridized carbons (Fsp3) is 0.375. The Labute approximate surface area is 247 Å². The van der Waals surface area contributed by atoms with Gasteiger partial charge in [0.05, 0.1) is 19.1 Å². The number of hydrogen-bond donors (Lipinski definition) is 3. The number of hydrogen-bond acceptors (Lipinski definition) is 7. The summed E-state index contributed by atoms with van der Waals surface area (Å²) in [5.41, 5.74) is 1.71. The molecule has 10 heteroatoms. The van der Waals surface area contributed by atoms with Crippen LogP contribution in [-0.4, -0.2) is 65.7 Å².